The van der Waals surface area contributed by atoms with Gasteiger partial charge in [-0.25, -0.2) is 15.0 Å². The first-order chi connectivity index (χ1) is 24.8. The summed E-state index contributed by atoms with van der Waals surface area (Å²) < 4.78 is 4.55. The molecular weight excluding hydrogens is 611 g/mol. The van der Waals surface area contributed by atoms with Gasteiger partial charge in [-0.3, -0.25) is 9.13 Å². The van der Waals surface area contributed by atoms with Crippen LogP contribution in [0.3, 0.4) is 0 Å². The van der Waals surface area contributed by atoms with E-state index < -0.39 is 0 Å². The second kappa shape index (κ2) is 11.4. The minimum Gasteiger partial charge on any atom is -0.294 e. The van der Waals surface area contributed by atoms with Gasteiger partial charge in [-0.2, -0.15) is 0 Å². The zero-order chi connectivity index (χ0) is 33.0. The molecule has 0 fully saturated rings. The zero-order valence-electron chi connectivity index (χ0n) is 27.0. The molecule has 0 atom stereocenters. The predicted molar refractivity (Wildman–Crippen MR) is 205 cm³/mol. The Bertz CT molecular complexity index is 2800. The second-order valence-electron chi connectivity index (χ2n) is 12.5. The molecule has 0 radical (unpaired) electrons. The van der Waals surface area contributed by atoms with E-state index in [4.69, 9.17) is 15.0 Å². The van der Waals surface area contributed by atoms with Crippen LogP contribution in [0, 0.1) is 0 Å². The highest BCUT2D eigenvalue weighted by Crippen LogP contribution is 2.38. The Morgan fingerprint density at radius 2 is 0.960 bits per heavy atom. The Morgan fingerprint density at radius 1 is 0.380 bits per heavy atom. The van der Waals surface area contributed by atoms with Crippen molar-refractivity contribution >= 4 is 43.7 Å². The smallest absolute Gasteiger partial charge is 0.162 e. The monoisotopic (exact) mass is 639 g/mol. The molecule has 234 valence electrons. The van der Waals surface area contributed by atoms with Gasteiger partial charge in [0.2, 0.25) is 0 Å². The van der Waals surface area contributed by atoms with E-state index in [9.17, 15) is 0 Å². The van der Waals surface area contributed by atoms with Gasteiger partial charge in [0.1, 0.15) is 11.5 Å². The molecule has 0 saturated carbocycles. The highest BCUT2D eigenvalue weighted by atomic mass is 15.1. The first-order valence-electron chi connectivity index (χ1n) is 16.8. The highest BCUT2D eigenvalue weighted by molar-refractivity contribution is 6.11. The third kappa shape index (κ3) is 4.52. The van der Waals surface area contributed by atoms with E-state index in [2.05, 4.69) is 143 Å². The van der Waals surface area contributed by atoms with Gasteiger partial charge in [0, 0.05) is 50.6 Å². The van der Waals surface area contributed by atoms with Crippen LogP contribution in [0.2, 0.25) is 0 Å². The normalized spacial score (nSPS) is 11.6. The molecular formula is C45H29N5. The van der Waals surface area contributed by atoms with E-state index >= 15 is 0 Å². The van der Waals surface area contributed by atoms with Crippen LogP contribution >= 0.6 is 0 Å². The average molecular weight is 640 g/mol. The molecule has 0 bridgehead atoms. The summed E-state index contributed by atoms with van der Waals surface area (Å²) in [7, 11) is 0. The largest absolute Gasteiger partial charge is 0.294 e. The summed E-state index contributed by atoms with van der Waals surface area (Å²) >= 11 is 0. The third-order valence-corrected chi connectivity index (χ3v) is 9.59. The van der Waals surface area contributed by atoms with Gasteiger partial charge in [0.05, 0.1) is 22.2 Å². The number of hydrogen-bond donors (Lipinski definition) is 0. The minimum absolute atomic E-state index is 0.692. The number of para-hydroxylation sites is 2. The lowest BCUT2D eigenvalue weighted by molar-refractivity contribution is 1.05. The van der Waals surface area contributed by atoms with Crippen molar-refractivity contribution in [3.63, 3.8) is 0 Å². The van der Waals surface area contributed by atoms with Gasteiger partial charge in [-0.05, 0) is 53.6 Å². The van der Waals surface area contributed by atoms with E-state index in [0.29, 0.717) is 5.82 Å². The highest BCUT2D eigenvalue weighted by Gasteiger charge is 2.18. The van der Waals surface area contributed by atoms with Crippen molar-refractivity contribution in [2.75, 3.05) is 0 Å². The zero-order valence-corrected chi connectivity index (χ0v) is 27.0. The number of fused-ring (bicyclic) bond motifs is 6. The molecule has 5 heteroatoms. The van der Waals surface area contributed by atoms with Crippen LogP contribution in [-0.4, -0.2) is 24.1 Å². The molecule has 6 aromatic carbocycles. The quantitative estimate of drug-likeness (QED) is 0.188. The van der Waals surface area contributed by atoms with Gasteiger partial charge in [0.15, 0.2) is 5.82 Å². The summed E-state index contributed by atoms with van der Waals surface area (Å²) in [5.74, 6) is 1.52. The van der Waals surface area contributed by atoms with Crippen LogP contribution < -0.4 is 0 Å². The SMILES string of the molecule is c1ccc(-c2cc(-n3c4ccccc4c4ccc(-c5ccc6c7cccnc7n(-c7ccccc7)c6c5)cc43)nc(-c3ccccc3)n2)cc1. The van der Waals surface area contributed by atoms with Crippen molar-refractivity contribution < 1.29 is 0 Å². The van der Waals surface area contributed by atoms with E-state index in [1.165, 1.54) is 16.2 Å². The van der Waals surface area contributed by atoms with Crippen LogP contribution in [0.1, 0.15) is 0 Å². The van der Waals surface area contributed by atoms with Crippen LogP contribution in [0.25, 0.3) is 89.0 Å². The summed E-state index contributed by atoms with van der Waals surface area (Å²) in [6.07, 6.45) is 1.87. The molecule has 4 heterocycles. The fourth-order valence-corrected chi connectivity index (χ4v) is 7.28. The van der Waals surface area contributed by atoms with Gasteiger partial charge in [-0.15, -0.1) is 0 Å². The maximum atomic E-state index is 5.23. The Kier molecular flexibility index (Phi) is 6.42. The topological polar surface area (TPSA) is 48.5 Å². The number of pyridine rings is 1. The lowest BCUT2D eigenvalue weighted by Crippen LogP contribution is -2.02. The van der Waals surface area contributed by atoms with E-state index in [0.717, 1.165) is 67.0 Å². The summed E-state index contributed by atoms with van der Waals surface area (Å²) in [6.45, 7) is 0. The molecule has 0 amide bonds. The van der Waals surface area contributed by atoms with Crippen LogP contribution in [0.4, 0.5) is 0 Å². The van der Waals surface area contributed by atoms with Crippen LogP contribution in [0.15, 0.2) is 176 Å². The van der Waals surface area contributed by atoms with E-state index in [1.54, 1.807) is 0 Å². The summed E-state index contributed by atoms with van der Waals surface area (Å²) in [5.41, 5.74) is 10.5. The number of aromatic nitrogens is 5. The molecule has 4 aromatic heterocycles. The Hall–Kier alpha value is -6.85. The van der Waals surface area contributed by atoms with Crippen molar-refractivity contribution in [1.29, 1.82) is 0 Å². The fourth-order valence-electron chi connectivity index (χ4n) is 7.28. The van der Waals surface area contributed by atoms with Gasteiger partial charge in [0.25, 0.3) is 0 Å². The van der Waals surface area contributed by atoms with Gasteiger partial charge >= 0.3 is 0 Å². The van der Waals surface area contributed by atoms with Crippen LogP contribution in [0.5, 0.6) is 0 Å². The molecule has 0 aliphatic carbocycles. The van der Waals surface area contributed by atoms with Crippen LogP contribution in [-0.2, 0) is 0 Å². The number of benzene rings is 6. The van der Waals surface area contributed by atoms with Crippen molar-refractivity contribution in [3.05, 3.63) is 176 Å². The lowest BCUT2D eigenvalue weighted by atomic mass is 10.0. The molecule has 0 aliphatic rings. The summed E-state index contributed by atoms with van der Waals surface area (Å²) in [6, 6.07) is 59.4. The van der Waals surface area contributed by atoms with Crippen molar-refractivity contribution in [3.8, 4) is 45.3 Å². The Labute approximate surface area is 288 Å². The molecule has 0 unspecified atom stereocenters. The Morgan fingerprint density at radius 3 is 1.70 bits per heavy atom. The molecule has 10 aromatic rings. The standard InChI is InChI=1S/C45H29N5/c1-4-13-30(14-5-1)39-29-43(48-44(47-39)31-15-6-2-7-16-31)50-40-21-11-10-19-35(40)36-24-22-33(28-42(36)50)32-23-25-37-38-20-12-26-46-45(38)49(41(37)27-32)34-17-8-3-9-18-34/h1-29H. The molecule has 0 aliphatic heterocycles. The second-order valence-corrected chi connectivity index (χ2v) is 12.5. The molecule has 5 nitrogen and oxygen atoms in total. The first kappa shape index (κ1) is 28.2. The Balaban J connectivity index is 1.22. The summed E-state index contributed by atoms with van der Waals surface area (Å²) in [4.78, 5) is 15.1. The molecule has 0 saturated heterocycles. The average Bonchev–Trinajstić information content (AvgIpc) is 3.71. The number of hydrogen-bond acceptors (Lipinski definition) is 3. The lowest BCUT2D eigenvalue weighted by Gasteiger charge is -2.13. The summed E-state index contributed by atoms with van der Waals surface area (Å²) in [5, 5.41) is 4.68. The number of rotatable bonds is 5. The minimum atomic E-state index is 0.692. The van der Waals surface area contributed by atoms with E-state index in [1.807, 2.05) is 42.6 Å². The molecule has 10 rings (SSSR count). The van der Waals surface area contributed by atoms with Gasteiger partial charge < -0.3 is 0 Å². The van der Waals surface area contributed by atoms with Gasteiger partial charge in [-0.1, -0.05) is 121 Å². The third-order valence-electron chi connectivity index (χ3n) is 9.59. The first-order valence-corrected chi connectivity index (χ1v) is 16.8. The van der Waals surface area contributed by atoms with Crippen molar-refractivity contribution in [2.24, 2.45) is 0 Å². The van der Waals surface area contributed by atoms with Crippen molar-refractivity contribution in [2.45, 2.75) is 0 Å². The maximum Gasteiger partial charge on any atom is 0.162 e. The molecule has 50 heavy (non-hydrogen) atoms. The van der Waals surface area contributed by atoms with E-state index in [-0.39, 0.29) is 0 Å². The predicted octanol–water partition coefficient (Wildman–Crippen LogP) is 11.1. The maximum absolute atomic E-state index is 5.23. The molecule has 0 N–H and O–H groups in total. The number of nitrogens with zero attached hydrogens (tertiary/aromatic N) is 5. The van der Waals surface area contributed by atoms with Crippen molar-refractivity contribution in [1.82, 2.24) is 24.1 Å². The molecule has 0 spiro atoms. The fraction of sp³-hybridized carbons (Fsp3) is 0.